The Morgan fingerprint density at radius 3 is 2.48 bits per heavy atom. The van der Waals surface area contributed by atoms with Crippen LogP contribution in [-0.2, 0) is 0 Å². The van der Waals surface area contributed by atoms with E-state index < -0.39 is 0 Å². The van der Waals surface area contributed by atoms with Crippen molar-refractivity contribution in [2.24, 2.45) is 5.92 Å². The highest BCUT2D eigenvalue weighted by Gasteiger charge is 2.33. The molecule has 0 aliphatic heterocycles. The molecule has 2 unspecified atom stereocenters. The smallest absolute Gasteiger partial charge is 0.131 e. The van der Waals surface area contributed by atoms with E-state index in [0.717, 1.165) is 0 Å². The molecular weight excluding hydrogens is 265 g/mol. The van der Waals surface area contributed by atoms with Gasteiger partial charge in [0.2, 0.25) is 0 Å². The lowest BCUT2D eigenvalue weighted by atomic mass is 9.99. The molecule has 110 valence electrons. The predicted octanol–water partition coefficient (Wildman–Crippen LogP) is 4.33. The lowest BCUT2D eigenvalue weighted by Gasteiger charge is -2.24. The summed E-state index contributed by atoms with van der Waals surface area (Å²) in [4.78, 5) is 0. The Bertz CT molecular complexity index is 610. The average Bonchev–Trinajstić information content (AvgIpc) is 3.30. The van der Waals surface area contributed by atoms with Crippen molar-refractivity contribution in [3.63, 3.8) is 0 Å². The Morgan fingerprint density at radius 2 is 1.86 bits per heavy atom. The molecule has 0 bridgehead atoms. The third kappa shape index (κ3) is 3.24. The number of rotatable bonds is 5. The molecular formula is C18H20FNO. The zero-order chi connectivity index (χ0) is 14.8. The summed E-state index contributed by atoms with van der Waals surface area (Å²) in [5.41, 5.74) is 1.85. The van der Waals surface area contributed by atoms with Crippen molar-refractivity contribution in [2.75, 3.05) is 0 Å². The zero-order valence-corrected chi connectivity index (χ0v) is 12.1. The summed E-state index contributed by atoms with van der Waals surface area (Å²) in [6, 6.07) is 14.8. The molecule has 1 fully saturated rings. The first-order chi connectivity index (χ1) is 10.1. The van der Waals surface area contributed by atoms with Crippen LogP contribution in [0.4, 0.5) is 4.39 Å². The van der Waals surface area contributed by atoms with Crippen molar-refractivity contribution in [1.82, 2.24) is 5.32 Å². The van der Waals surface area contributed by atoms with Crippen molar-refractivity contribution in [2.45, 2.75) is 31.8 Å². The summed E-state index contributed by atoms with van der Waals surface area (Å²) in [6.45, 7) is 1.97. The standard InChI is InChI=1S/C18H20FNO/c1-12(16-10-9-15(21)11-17(16)19)20-18(14-7-8-14)13-5-3-2-4-6-13/h2-6,9-12,14,18,20-21H,7-8H2,1H3. The van der Waals surface area contributed by atoms with E-state index in [0.29, 0.717) is 11.5 Å². The lowest BCUT2D eigenvalue weighted by Crippen LogP contribution is -2.26. The Labute approximate surface area is 124 Å². The molecule has 2 nitrogen and oxygen atoms in total. The van der Waals surface area contributed by atoms with Gasteiger partial charge in [0.05, 0.1) is 0 Å². The molecule has 2 N–H and O–H groups in total. The van der Waals surface area contributed by atoms with Gasteiger partial charge in [-0.05, 0) is 37.3 Å². The molecule has 0 spiro atoms. The highest BCUT2D eigenvalue weighted by atomic mass is 19.1. The Kier molecular flexibility index (Phi) is 3.93. The summed E-state index contributed by atoms with van der Waals surface area (Å²) in [7, 11) is 0. The molecule has 1 aliphatic carbocycles. The van der Waals surface area contributed by atoms with E-state index in [-0.39, 0.29) is 23.7 Å². The fourth-order valence-corrected chi connectivity index (χ4v) is 2.82. The third-order valence-electron chi connectivity index (χ3n) is 4.13. The third-order valence-corrected chi connectivity index (χ3v) is 4.13. The average molecular weight is 285 g/mol. The second-order valence-electron chi connectivity index (χ2n) is 5.82. The van der Waals surface area contributed by atoms with Crippen LogP contribution in [0.15, 0.2) is 48.5 Å². The van der Waals surface area contributed by atoms with Crippen LogP contribution in [0.2, 0.25) is 0 Å². The molecule has 1 aliphatic rings. The second-order valence-corrected chi connectivity index (χ2v) is 5.82. The minimum Gasteiger partial charge on any atom is -0.508 e. The second kappa shape index (κ2) is 5.86. The molecule has 0 amide bonds. The summed E-state index contributed by atoms with van der Waals surface area (Å²) < 4.78 is 14.0. The summed E-state index contributed by atoms with van der Waals surface area (Å²) in [6.07, 6.45) is 2.44. The molecule has 2 aromatic carbocycles. The predicted molar refractivity (Wildman–Crippen MR) is 81.5 cm³/mol. The molecule has 2 atom stereocenters. The van der Waals surface area contributed by atoms with Crippen LogP contribution in [0.25, 0.3) is 0 Å². The van der Waals surface area contributed by atoms with E-state index >= 15 is 0 Å². The van der Waals surface area contributed by atoms with E-state index in [1.165, 1.54) is 30.5 Å². The van der Waals surface area contributed by atoms with E-state index in [4.69, 9.17) is 0 Å². The molecule has 1 saturated carbocycles. The number of phenols is 1. The van der Waals surface area contributed by atoms with E-state index in [1.54, 1.807) is 6.07 Å². The van der Waals surface area contributed by atoms with Crippen molar-refractivity contribution in [3.05, 3.63) is 65.5 Å². The van der Waals surface area contributed by atoms with Crippen molar-refractivity contribution in [3.8, 4) is 5.75 Å². The fraction of sp³-hybridized carbons (Fsp3) is 0.333. The topological polar surface area (TPSA) is 32.3 Å². The summed E-state index contributed by atoms with van der Waals surface area (Å²) in [5, 5.41) is 12.9. The first-order valence-corrected chi connectivity index (χ1v) is 7.44. The van der Waals surface area contributed by atoms with Crippen LogP contribution in [0.5, 0.6) is 5.75 Å². The van der Waals surface area contributed by atoms with Gasteiger partial charge in [-0.25, -0.2) is 4.39 Å². The highest BCUT2D eigenvalue weighted by molar-refractivity contribution is 5.30. The number of halogens is 1. The maximum atomic E-state index is 14.0. The number of hydrogen-bond donors (Lipinski definition) is 2. The Balaban J connectivity index is 1.79. The van der Waals surface area contributed by atoms with Gasteiger partial charge >= 0.3 is 0 Å². The van der Waals surface area contributed by atoms with Gasteiger partial charge in [-0.2, -0.15) is 0 Å². The SMILES string of the molecule is CC(NC(c1ccccc1)C1CC1)c1ccc(O)cc1F. The number of phenolic OH excluding ortho intramolecular Hbond substituents is 1. The maximum Gasteiger partial charge on any atom is 0.131 e. The van der Waals surface area contributed by atoms with Crippen LogP contribution in [0.3, 0.4) is 0 Å². The van der Waals surface area contributed by atoms with Gasteiger partial charge in [0.15, 0.2) is 0 Å². The van der Waals surface area contributed by atoms with Gasteiger partial charge in [0.25, 0.3) is 0 Å². The number of nitrogens with one attached hydrogen (secondary N) is 1. The van der Waals surface area contributed by atoms with Crippen LogP contribution in [0.1, 0.15) is 43.0 Å². The quantitative estimate of drug-likeness (QED) is 0.857. The van der Waals surface area contributed by atoms with Gasteiger partial charge < -0.3 is 10.4 Å². The van der Waals surface area contributed by atoms with Crippen LogP contribution >= 0.6 is 0 Å². The Hall–Kier alpha value is -1.87. The lowest BCUT2D eigenvalue weighted by molar-refractivity contribution is 0.414. The molecule has 2 aromatic rings. The van der Waals surface area contributed by atoms with Crippen molar-refractivity contribution < 1.29 is 9.50 Å². The minimum absolute atomic E-state index is 0.0368. The fourth-order valence-electron chi connectivity index (χ4n) is 2.82. The van der Waals surface area contributed by atoms with Gasteiger partial charge in [-0.15, -0.1) is 0 Å². The number of hydrogen-bond acceptors (Lipinski definition) is 2. The molecule has 0 aromatic heterocycles. The molecule has 3 rings (SSSR count). The molecule has 3 heteroatoms. The largest absolute Gasteiger partial charge is 0.508 e. The highest BCUT2D eigenvalue weighted by Crippen LogP contribution is 2.42. The summed E-state index contributed by atoms with van der Waals surface area (Å²) >= 11 is 0. The first-order valence-electron chi connectivity index (χ1n) is 7.44. The molecule has 0 saturated heterocycles. The maximum absolute atomic E-state index is 14.0. The summed E-state index contributed by atoms with van der Waals surface area (Å²) in [5.74, 6) is 0.234. The van der Waals surface area contributed by atoms with Crippen LogP contribution in [-0.4, -0.2) is 5.11 Å². The first kappa shape index (κ1) is 14.1. The number of aromatic hydroxyl groups is 1. The van der Waals surface area contributed by atoms with E-state index in [2.05, 4.69) is 17.4 Å². The van der Waals surface area contributed by atoms with Crippen LogP contribution in [0, 0.1) is 11.7 Å². The molecule has 21 heavy (non-hydrogen) atoms. The van der Waals surface area contributed by atoms with Gasteiger partial charge in [-0.1, -0.05) is 36.4 Å². The van der Waals surface area contributed by atoms with Crippen molar-refractivity contribution >= 4 is 0 Å². The van der Waals surface area contributed by atoms with Crippen molar-refractivity contribution in [1.29, 1.82) is 0 Å². The Morgan fingerprint density at radius 1 is 1.14 bits per heavy atom. The number of benzene rings is 2. The normalized spacial score (nSPS) is 17.4. The zero-order valence-electron chi connectivity index (χ0n) is 12.1. The van der Waals surface area contributed by atoms with Gasteiger partial charge in [0.1, 0.15) is 11.6 Å². The van der Waals surface area contributed by atoms with Gasteiger partial charge in [-0.3, -0.25) is 0 Å². The monoisotopic (exact) mass is 285 g/mol. The van der Waals surface area contributed by atoms with Crippen LogP contribution < -0.4 is 5.32 Å². The minimum atomic E-state index is -0.363. The molecule has 0 heterocycles. The van der Waals surface area contributed by atoms with E-state index in [1.807, 2.05) is 25.1 Å². The van der Waals surface area contributed by atoms with E-state index in [9.17, 15) is 9.50 Å². The van der Waals surface area contributed by atoms with Gasteiger partial charge in [0, 0.05) is 23.7 Å². The molecule has 0 radical (unpaired) electrons.